The third-order valence-electron chi connectivity index (χ3n) is 8.23. The predicted molar refractivity (Wildman–Crippen MR) is 173 cm³/mol. The third kappa shape index (κ3) is 6.22. The van der Waals surface area contributed by atoms with Gasteiger partial charge in [0, 0.05) is 22.3 Å². The van der Waals surface area contributed by atoms with Crippen molar-refractivity contribution in [2.24, 2.45) is 0 Å². The summed E-state index contributed by atoms with van der Waals surface area (Å²) in [7, 11) is 5.91. The van der Waals surface area contributed by atoms with E-state index in [1.165, 1.54) is 28.4 Å². The molecule has 4 aromatic carbocycles. The van der Waals surface area contributed by atoms with Gasteiger partial charge in [-0.1, -0.05) is 72.8 Å². The van der Waals surface area contributed by atoms with Gasteiger partial charge in [-0.25, -0.2) is 0 Å². The minimum absolute atomic E-state index is 0.352. The molecule has 0 aliphatic rings. The van der Waals surface area contributed by atoms with Gasteiger partial charge in [-0.3, -0.25) is 9.59 Å². The van der Waals surface area contributed by atoms with Crippen LogP contribution in [0.1, 0.15) is 36.1 Å². The standard InChI is InChI=1S/C36H40N2O8/c1-23(35(41,25-15-7-11-19-29(25)43-3)26-16-8-12-20-30(26)44-4)37-33(39)34(40)38-24(2)36(42,27-17-9-13-21-31(27)45-5)28-18-10-14-22-32(28)46-6/h7-24,41-42H,1-6H3,(H,37,39)(H,38,40). The monoisotopic (exact) mass is 628 g/mol. The SMILES string of the molecule is COc1ccccc1C(O)(c1ccccc1OC)C(C)NC(=O)C(=O)NC(C)C(O)(c1ccccc1OC)c1ccccc1OC. The zero-order valence-electron chi connectivity index (χ0n) is 26.7. The molecule has 0 saturated heterocycles. The Morgan fingerprint density at radius 3 is 0.935 bits per heavy atom. The van der Waals surface area contributed by atoms with Gasteiger partial charge >= 0.3 is 11.8 Å². The van der Waals surface area contributed by atoms with E-state index in [2.05, 4.69) is 10.6 Å². The molecule has 0 heterocycles. The smallest absolute Gasteiger partial charge is 0.309 e. The van der Waals surface area contributed by atoms with Gasteiger partial charge in [0.1, 0.15) is 34.2 Å². The van der Waals surface area contributed by atoms with Gasteiger partial charge in [0.15, 0.2) is 0 Å². The summed E-state index contributed by atoms with van der Waals surface area (Å²) in [6, 6.07) is 25.3. The topological polar surface area (TPSA) is 136 Å². The van der Waals surface area contributed by atoms with Crippen LogP contribution in [0.4, 0.5) is 0 Å². The second-order valence-corrected chi connectivity index (χ2v) is 10.7. The van der Waals surface area contributed by atoms with Gasteiger partial charge in [-0.05, 0) is 38.1 Å². The highest BCUT2D eigenvalue weighted by Crippen LogP contribution is 2.43. The van der Waals surface area contributed by atoms with Crippen LogP contribution in [0.3, 0.4) is 0 Å². The number of amides is 2. The molecular weight excluding hydrogens is 588 g/mol. The number of nitrogens with one attached hydrogen (secondary N) is 2. The quantitative estimate of drug-likeness (QED) is 0.174. The molecule has 46 heavy (non-hydrogen) atoms. The molecule has 0 spiro atoms. The van der Waals surface area contributed by atoms with Gasteiger partial charge in [0.05, 0.1) is 40.5 Å². The van der Waals surface area contributed by atoms with Crippen LogP contribution in [0, 0.1) is 0 Å². The maximum atomic E-state index is 13.5. The van der Waals surface area contributed by atoms with E-state index < -0.39 is 35.1 Å². The number of aliphatic hydroxyl groups is 2. The maximum absolute atomic E-state index is 13.5. The molecule has 10 heteroatoms. The van der Waals surface area contributed by atoms with Crippen molar-refractivity contribution in [2.45, 2.75) is 37.1 Å². The van der Waals surface area contributed by atoms with E-state index in [9.17, 15) is 19.8 Å². The Morgan fingerprint density at radius 2 is 0.717 bits per heavy atom. The molecule has 4 rings (SSSR count). The van der Waals surface area contributed by atoms with Crippen molar-refractivity contribution >= 4 is 11.8 Å². The van der Waals surface area contributed by atoms with E-state index in [0.29, 0.717) is 45.3 Å². The first kappa shape index (κ1) is 33.8. The number of ether oxygens (including phenoxy) is 4. The summed E-state index contributed by atoms with van der Waals surface area (Å²) in [4.78, 5) is 27.1. The summed E-state index contributed by atoms with van der Waals surface area (Å²) in [5.74, 6) is -0.597. The van der Waals surface area contributed by atoms with Crippen LogP contribution >= 0.6 is 0 Å². The number of rotatable bonds is 12. The Hall–Kier alpha value is -5.06. The van der Waals surface area contributed by atoms with Crippen molar-refractivity contribution in [3.63, 3.8) is 0 Å². The lowest BCUT2D eigenvalue weighted by molar-refractivity contribution is -0.141. The largest absolute Gasteiger partial charge is 0.496 e. The molecule has 0 aliphatic carbocycles. The first-order valence-corrected chi connectivity index (χ1v) is 14.7. The Balaban J connectivity index is 1.70. The lowest BCUT2D eigenvalue weighted by Gasteiger charge is -2.38. The highest BCUT2D eigenvalue weighted by molar-refractivity contribution is 6.35. The van der Waals surface area contributed by atoms with Crippen LogP contribution in [0.5, 0.6) is 23.0 Å². The van der Waals surface area contributed by atoms with Crippen LogP contribution in [0.2, 0.25) is 0 Å². The molecule has 0 saturated carbocycles. The van der Waals surface area contributed by atoms with Crippen molar-refractivity contribution in [3.05, 3.63) is 119 Å². The minimum Gasteiger partial charge on any atom is -0.496 e. The fourth-order valence-electron chi connectivity index (χ4n) is 5.79. The number of hydrogen-bond donors (Lipinski definition) is 4. The minimum atomic E-state index is -1.89. The molecule has 0 aromatic heterocycles. The molecule has 0 bridgehead atoms. The van der Waals surface area contributed by atoms with Gasteiger partial charge < -0.3 is 39.8 Å². The number of benzene rings is 4. The van der Waals surface area contributed by atoms with Gasteiger partial charge in [-0.2, -0.15) is 0 Å². The van der Waals surface area contributed by atoms with Crippen LogP contribution in [0.15, 0.2) is 97.1 Å². The average Bonchev–Trinajstić information content (AvgIpc) is 3.10. The molecule has 0 radical (unpaired) electrons. The van der Waals surface area contributed by atoms with Crippen LogP contribution in [-0.4, -0.2) is 62.6 Å². The number of hydrogen-bond acceptors (Lipinski definition) is 8. The third-order valence-corrected chi connectivity index (χ3v) is 8.23. The summed E-state index contributed by atoms with van der Waals surface area (Å²) in [5, 5.41) is 30.2. The van der Waals surface area contributed by atoms with E-state index in [0.717, 1.165) is 0 Å². The summed E-state index contributed by atoms with van der Waals surface area (Å²) < 4.78 is 22.2. The number of methoxy groups -OCH3 is 4. The average molecular weight is 629 g/mol. The molecule has 2 amide bonds. The van der Waals surface area contributed by atoms with Crippen molar-refractivity contribution in [1.29, 1.82) is 0 Å². The Bertz CT molecular complexity index is 1460. The van der Waals surface area contributed by atoms with Crippen molar-refractivity contribution in [3.8, 4) is 23.0 Å². The Morgan fingerprint density at radius 1 is 0.500 bits per heavy atom. The van der Waals surface area contributed by atoms with E-state index in [-0.39, 0.29) is 0 Å². The number of carbonyl (C=O) groups is 2. The molecule has 242 valence electrons. The maximum Gasteiger partial charge on any atom is 0.309 e. The molecule has 0 aliphatic heterocycles. The zero-order chi connectivity index (χ0) is 33.5. The van der Waals surface area contributed by atoms with Crippen molar-refractivity contribution in [2.75, 3.05) is 28.4 Å². The molecule has 4 aromatic rings. The second kappa shape index (κ2) is 14.4. The van der Waals surface area contributed by atoms with Crippen LogP contribution < -0.4 is 29.6 Å². The molecule has 10 nitrogen and oxygen atoms in total. The normalized spacial score (nSPS) is 12.8. The first-order chi connectivity index (χ1) is 22.1. The highest BCUT2D eigenvalue weighted by Gasteiger charge is 2.45. The number of carbonyl (C=O) groups excluding carboxylic acids is 2. The van der Waals surface area contributed by atoms with Gasteiger partial charge in [-0.15, -0.1) is 0 Å². The molecule has 2 unspecified atom stereocenters. The van der Waals surface area contributed by atoms with E-state index in [1.807, 2.05) is 0 Å². The van der Waals surface area contributed by atoms with Crippen LogP contribution in [0.25, 0.3) is 0 Å². The predicted octanol–water partition coefficient (Wildman–Crippen LogP) is 3.90. The second-order valence-electron chi connectivity index (χ2n) is 10.7. The van der Waals surface area contributed by atoms with E-state index in [1.54, 1.807) is 111 Å². The molecule has 0 fully saturated rings. The zero-order valence-corrected chi connectivity index (χ0v) is 26.7. The molecular formula is C36H40N2O8. The van der Waals surface area contributed by atoms with Gasteiger partial charge in [0.2, 0.25) is 0 Å². The fourth-order valence-corrected chi connectivity index (χ4v) is 5.79. The molecule has 2 atom stereocenters. The van der Waals surface area contributed by atoms with Crippen molar-refractivity contribution < 1.29 is 38.7 Å². The Kier molecular flexibility index (Phi) is 10.6. The summed E-state index contributed by atoms with van der Waals surface area (Å²) in [6.07, 6.45) is 0. The highest BCUT2D eigenvalue weighted by atomic mass is 16.5. The van der Waals surface area contributed by atoms with Crippen molar-refractivity contribution in [1.82, 2.24) is 10.6 Å². The lowest BCUT2D eigenvalue weighted by atomic mass is 9.79. The van der Waals surface area contributed by atoms with Gasteiger partial charge in [0.25, 0.3) is 0 Å². The Labute approximate surface area is 268 Å². The fraction of sp³-hybridized carbons (Fsp3) is 0.278. The van der Waals surface area contributed by atoms with E-state index >= 15 is 0 Å². The summed E-state index contributed by atoms with van der Waals surface area (Å²) >= 11 is 0. The number of para-hydroxylation sites is 4. The van der Waals surface area contributed by atoms with Crippen LogP contribution in [-0.2, 0) is 20.8 Å². The first-order valence-electron chi connectivity index (χ1n) is 14.7. The van der Waals surface area contributed by atoms with E-state index in [4.69, 9.17) is 18.9 Å². The summed E-state index contributed by atoms with van der Waals surface area (Å²) in [5.41, 5.74) is -2.38. The lowest BCUT2D eigenvalue weighted by Crippen LogP contribution is -2.56. The molecule has 4 N–H and O–H groups in total. The summed E-state index contributed by atoms with van der Waals surface area (Å²) in [6.45, 7) is 3.15.